The molecule has 0 saturated carbocycles. The fourth-order valence-electron chi connectivity index (χ4n) is 3.38. The number of hydrogen-bond acceptors (Lipinski definition) is 0. The lowest BCUT2D eigenvalue weighted by atomic mass is 9.86. The van der Waals surface area contributed by atoms with Gasteiger partial charge in [0, 0.05) is 16.0 Å². The molecule has 20 heavy (non-hydrogen) atoms. The molecule has 1 aliphatic carbocycles. The first kappa shape index (κ1) is 14.0. The summed E-state index contributed by atoms with van der Waals surface area (Å²) in [6.45, 7) is 6.25. The van der Waals surface area contributed by atoms with Crippen molar-refractivity contribution in [3.63, 3.8) is 0 Å². The highest BCUT2D eigenvalue weighted by Crippen LogP contribution is 2.45. The average molecular weight is 305 g/mol. The standard InChI is InChI=1S/C18H18Cl2/c1-10-11(2)17(19)12(3)18(20)16(10)15-9-8-13-6-4-5-7-14(13)15/h4-7,15H,8-9H2,1-3H3. The van der Waals surface area contributed by atoms with Gasteiger partial charge in [-0.1, -0.05) is 47.5 Å². The predicted molar refractivity (Wildman–Crippen MR) is 87.3 cm³/mol. The summed E-state index contributed by atoms with van der Waals surface area (Å²) in [5, 5.41) is 1.65. The summed E-state index contributed by atoms with van der Waals surface area (Å²) in [6.07, 6.45) is 2.28. The van der Waals surface area contributed by atoms with Gasteiger partial charge in [-0.2, -0.15) is 0 Å². The maximum Gasteiger partial charge on any atom is 0.0491 e. The zero-order valence-electron chi connectivity index (χ0n) is 12.1. The van der Waals surface area contributed by atoms with Crippen LogP contribution in [0.2, 0.25) is 10.0 Å². The Kier molecular flexibility index (Phi) is 3.56. The van der Waals surface area contributed by atoms with Crippen LogP contribution in [0.5, 0.6) is 0 Å². The Hall–Kier alpha value is -0.980. The zero-order chi connectivity index (χ0) is 14.4. The number of hydrogen-bond donors (Lipinski definition) is 0. The minimum Gasteiger partial charge on any atom is -0.0837 e. The third kappa shape index (κ3) is 1.98. The monoisotopic (exact) mass is 304 g/mol. The molecule has 3 rings (SSSR count). The van der Waals surface area contributed by atoms with E-state index in [4.69, 9.17) is 23.2 Å². The van der Waals surface area contributed by atoms with E-state index in [1.807, 2.05) is 6.92 Å². The third-order valence-electron chi connectivity index (χ3n) is 4.67. The number of halogens is 2. The van der Waals surface area contributed by atoms with E-state index >= 15 is 0 Å². The van der Waals surface area contributed by atoms with Crippen LogP contribution >= 0.6 is 23.2 Å². The Morgan fingerprint density at radius 1 is 0.900 bits per heavy atom. The fraction of sp³-hybridized carbons (Fsp3) is 0.333. The van der Waals surface area contributed by atoms with Crippen LogP contribution in [0.25, 0.3) is 0 Å². The van der Waals surface area contributed by atoms with E-state index in [1.54, 1.807) is 0 Å². The van der Waals surface area contributed by atoms with Crippen LogP contribution < -0.4 is 0 Å². The minimum absolute atomic E-state index is 0.411. The second-order valence-corrected chi connectivity index (χ2v) is 6.46. The lowest BCUT2D eigenvalue weighted by Crippen LogP contribution is -2.04. The third-order valence-corrected chi connectivity index (χ3v) is 5.73. The van der Waals surface area contributed by atoms with Gasteiger partial charge in [0.25, 0.3) is 0 Å². The summed E-state index contributed by atoms with van der Waals surface area (Å²) in [5.41, 5.74) is 7.57. The highest BCUT2D eigenvalue weighted by atomic mass is 35.5. The van der Waals surface area contributed by atoms with Crippen molar-refractivity contribution in [3.8, 4) is 0 Å². The average Bonchev–Trinajstić information content (AvgIpc) is 2.87. The summed E-state index contributed by atoms with van der Waals surface area (Å²) in [6, 6.07) is 8.71. The van der Waals surface area contributed by atoms with Crippen LogP contribution in [0, 0.1) is 20.8 Å². The van der Waals surface area contributed by atoms with Crippen LogP contribution in [0.4, 0.5) is 0 Å². The van der Waals surface area contributed by atoms with Crippen LogP contribution in [0.1, 0.15) is 45.7 Å². The van der Waals surface area contributed by atoms with E-state index in [0.29, 0.717) is 5.92 Å². The van der Waals surface area contributed by atoms with Gasteiger partial charge in [-0.3, -0.25) is 0 Å². The first-order valence-corrected chi connectivity index (χ1v) is 7.80. The molecule has 2 aromatic rings. The Balaban J connectivity index is 2.23. The molecule has 0 spiro atoms. The van der Waals surface area contributed by atoms with Crippen molar-refractivity contribution >= 4 is 23.2 Å². The van der Waals surface area contributed by atoms with Crippen molar-refractivity contribution in [2.24, 2.45) is 0 Å². The van der Waals surface area contributed by atoms with Gasteiger partial charge in [-0.05, 0) is 67.0 Å². The fourth-order valence-corrected chi connectivity index (χ4v) is 4.03. The number of benzene rings is 2. The predicted octanol–water partition coefficient (Wildman–Crippen LogP) is 6.00. The van der Waals surface area contributed by atoms with Gasteiger partial charge in [0.05, 0.1) is 0 Å². The summed E-state index contributed by atoms with van der Waals surface area (Å²) in [5.74, 6) is 0.411. The summed E-state index contributed by atoms with van der Waals surface area (Å²) in [7, 11) is 0. The molecule has 2 heteroatoms. The zero-order valence-corrected chi connectivity index (χ0v) is 13.6. The maximum absolute atomic E-state index is 6.64. The molecule has 1 unspecified atom stereocenters. The topological polar surface area (TPSA) is 0 Å². The molecule has 1 atom stereocenters. The molecule has 1 aliphatic rings. The lowest BCUT2D eigenvalue weighted by Gasteiger charge is -2.21. The summed E-state index contributed by atoms with van der Waals surface area (Å²) < 4.78 is 0. The molecular weight excluding hydrogens is 287 g/mol. The van der Waals surface area contributed by atoms with E-state index < -0.39 is 0 Å². The molecule has 0 saturated heterocycles. The molecule has 2 aromatic carbocycles. The minimum atomic E-state index is 0.411. The van der Waals surface area contributed by atoms with Crippen LogP contribution in [-0.4, -0.2) is 0 Å². The quantitative estimate of drug-likeness (QED) is 0.606. The molecular formula is C18H18Cl2. The van der Waals surface area contributed by atoms with Gasteiger partial charge in [0.1, 0.15) is 0 Å². The van der Waals surface area contributed by atoms with E-state index in [9.17, 15) is 0 Å². The summed E-state index contributed by atoms with van der Waals surface area (Å²) in [4.78, 5) is 0. The molecule has 0 nitrogen and oxygen atoms in total. The first-order chi connectivity index (χ1) is 9.52. The van der Waals surface area contributed by atoms with Crippen LogP contribution in [0.3, 0.4) is 0 Å². The Bertz CT molecular complexity index is 657. The lowest BCUT2D eigenvalue weighted by molar-refractivity contribution is 0.780. The maximum atomic E-state index is 6.64. The van der Waals surface area contributed by atoms with Crippen molar-refractivity contribution in [1.82, 2.24) is 0 Å². The first-order valence-electron chi connectivity index (χ1n) is 7.04. The summed E-state index contributed by atoms with van der Waals surface area (Å²) >= 11 is 13.0. The van der Waals surface area contributed by atoms with E-state index in [-0.39, 0.29) is 0 Å². The second-order valence-electron chi connectivity index (χ2n) is 5.71. The van der Waals surface area contributed by atoms with Crippen LogP contribution in [0.15, 0.2) is 24.3 Å². The molecule has 0 heterocycles. The molecule has 0 aliphatic heterocycles. The van der Waals surface area contributed by atoms with Gasteiger partial charge >= 0.3 is 0 Å². The highest BCUT2D eigenvalue weighted by Gasteiger charge is 2.28. The number of fused-ring (bicyclic) bond motifs is 1. The molecule has 0 fully saturated rings. The van der Waals surface area contributed by atoms with E-state index in [2.05, 4.69) is 38.1 Å². The van der Waals surface area contributed by atoms with Gasteiger partial charge < -0.3 is 0 Å². The Morgan fingerprint density at radius 3 is 2.35 bits per heavy atom. The molecule has 104 valence electrons. The van der Waals surface area contributed by atoms with Crippen molar-refractivity contribution in [3.05, 3.63) is 67.7 Å². The molecule has 0 bridgehead atoms. The number of rotatable bonds is 1. The smallest absolute Gasteiger partial charge is 0.0491 e. The van der Waals surface area contributed by atoms with Crippen molar-refractivity contribution in [2.45, 2.75) is 39.5 Å². The SMILES string of the molecule is Cc1c(C)c(C2CCc3ccccc32)c(Cl)c(C)c1Cl. The molecule has 0 radical (unpaired) electrons. The van der Waals surface area contributed by atoms with Crippen molar-refractivity contribution < 1.29 is 0 Å². The van der Waals surface area contributed by atoms with Gasteiger partial charge in [0.2, 0.25) is 0 Å². The van der Waals surface area contributed by atoms with Gasteiger partial charge in [-0.15, -0.1) is 0 Å². The van der Waals surface area contributed by atoms with E-state index in [1.165, 1.54) is 22.3 Å². The van der Waals surface area contributed by atoms with E-state index in [0.717, 1.165) is 34.0 Å². The number of aryl methyl sites for hydroxylation is 1. The van der Waals surface area contributed by atoms with Crippen molar-refractivity contribution in [1.29, 1.82) is 0 Å². The Morgan fingerprint density at radius 2 is 1.60 bits per heavy atom. The molecule has 0 amide bonds. The van der Waals surface area contributed by atoms with Crippen LogP contribution in [-0.2, 0) is 6.42 Å². The second kappa shape index (κ2) is 5.09. The normalized spacial score (nSPS) is 17.4. The van der Waals surface area contributed by atoms with Gasteiger partial charge in [-0.25, -0.2) is 0 Å². The van der Waals surface area contributed by atoms with Gasteiger partial charge in [0.15, 0.2) is 0 Å². The molecule has 0 aromatic heterocycles. The van der Waals surface area contributed by atoms with Crippen molar-refractivity contribution in [2.75, 3.05) is 0 Å². The highest BCUT2D eigenvalue weighted by molar-refractivity contribution is 6.37. The Labute approximate surface area is 130 Å². The largest absolute Gasteiger partial charge is 0.0837 e. The molecule has 0 N–H and O–H groups in total.